The minimum atomic E-state index is 0.163. The number of urea groups is 1. The van der Waals surface area contributed by atoms with Crippen molar-refractivity contribution in [2.24, 2.45) is 0 Å². The molecule has 172 valence electrons. The van der Waals surface area contributed by atoms with E-state index in [0.717, 1.165) is 76.2 Å². The molecule has 5 heteroatoms. The van der Waals surface area contributed by atoms with Crippen LogP contribution in [0, 0.1) is 0 Å². The second kappa shape index (κ2) is 11.4. The maximum absolute atomic E-state index is 12.9. The Morgan fingerprint density at radius 3 is 2.31 bits per heavy atom. The molecule has 1 aliphatic carbocycles. The summed E-state index contributed by atoms with van der Waals surface area (Å²) in [6.45, 7) is 6.09. The van der Waals surface area contributed by atoms with Crippen LogP contribution in [0.15, 0.2) is 54.6 Å². The van der Waals surface area contributed by atoms with Crippen LogP contribution in [0.2, 0.25) is 0 Å². The summed E-state index contributed by atoms with van der Waals surface area (Å²) in [5, 5.41) is 3.26. The third kappa shape index (κ3) is 6.26. The Bertz CT molecular complexity index is 828. The highest BCUT2D eigenvalue weighted by molar-refractivity contribution is 5.75. The highest BCUT2D eigenvalue weighted by Gasteiger charge is 2.29. The molecule has 1 heterocycles. The Labute approximate surface area is 192 Å². The summed E-state index contributed by atoms with van der Waals surface area (Å²) in [5.74, 6) is 1.72. The predicted molar refractivity (Wildman–Crippen MR) is 129 cm³/mol. The van der Waals surface area contributed by atoms with E-state index in [-0.39, 0.29) is 6.03 Å². The quantitative estimate of drug-likeness (QED) is 0.541. The molecule has 4 rings (SSSR count). The van der Waals surface area contributed by atoms with Crippen LogP contribution >= 0.6 is 0 Å². The number of ether oxygens (including phenoxy) is 1. The molecule has 0 aromatic heterocycles. The zero-order valence-electron chi connectivity index (χ0n) is 19.3. The van der Waals surface area contributed by atoms with Crippen LogP contribution in [0.5, 0.6) is 11.5 Å². The second-order valence-electron chi connectivity index (χ2n) is 9.19. The molecule has 2 aromatic carbocycles. The fourth-order valence-corrected chi connectivity index (χ4v) is 4.52. The van der Waals surface area contributed by atoms with Gasteiger partial charge in [0.05, 0.1) is 0 Å². The molecule has 2 aromatic rings. The number of carbonyl (C=O) groups is 1. The Balaban J connectivity index is 1.26. The summed E-state index contributed by atoms with van der Waals surface area (Å²) >= 11 is 0. The van der Waals surface area contributed by atoms with Crippen LogP contribution in [-0.2, 0) is 6.54 Å². The van der Waals surface area contributed by atoms with Crippen LogP contribution in [0.3, 0.4) is 0 Å². The summed E-state index contributed by atoms with van der Waals surface area (Å²) in [6, 6.07) is 19.2. The molecule has 2 amide bonds. The van der Waals surface area contributed by atoms with E-state index in [4.69, 9.17) is 4.74 Å². The third-order valence-electron chi connectivity index (χ3n) is 6.75. The maximum Gasteiger partial charge on any atom is 0.317 e. The van der Waals surface area contributed by atoms with Crippen molar-refractivity contribution in [2.45, 2.75) is 70.5 Å². The van der Waals surface area contributed by atoms with Gasteiger partial charge < -0.3 is 15.0 Å². The second-order valence-corrected chi connectivity index (χ2v) is 9.19. The number of hydrogen-bond acceptors (Lipinski definition) is 3. The van der Waals surface area contributed by atoms with Crippen LogP contribution in [-0.4, -0.2) is 47.5 Å². The minimum absolute atomic E-state index is 0.163. The van der Waals surface area contributed by atoms with E-state index in [1.807, 2.05) is 42.5 Å². The van der Waals surface area contributed by atoms with Crippen molar-refractivity contribution in [2.75, 3.05) is 19.6 Å². The molecule has 0 bridgehead atoms. The lowest BCUT2D eigenvalue weighted by atomic mass is 9.93. The first-order chi connectivity index (χ1) is 15.7. The molecule has 5 nitrogen and oxygen atoms in total. The van der Waals surface area contributed by atoms with E-state index in [2.05, 4.69) is 34.2 Å². The number of nitrogens with zero attached hydrogens (tertiary/aromatic N) is 2. The van der Waals surface area contributed by atoms with Gasteiger partial charge in [-0.25, -0.2) is 4.79 Å². The first kappa shape index (κ1) is 22.7. The van der Waals surface area contributed by atoms with Crippen molar-refractivity contribution in [3.63, 3.8) is 0 Å². The number of unbranched alkanes of at least 4 members (excludes halogenated alkanes) is 1. The summed E-state index contributed by atoms with van der Waals surface area (Å²) in [6.07, 6.45) is 7.83. The molecule has 1 saturated heterocycles. The molecule has 1 saturated carbocycles. The largest absolute Gasteiger partial charge is 0.457 e. The van der Waals surface area contributed by atoms with Crippen molar-refractivity contribution < 1.29 is 9.53 Å². The van der Waals surface area contributed by atoms with Crippen molar-refractivity contribution in [3.8, 4) is 11.5 Å². The van der Waals surface area contributed by atoms with Gasteiger partial charge in [-0.3, -0.25) is 4.90 Å². The summed E-state index contributed by atoms with van der Waals surface area (Å²) < 4.78 is 5.90. The van der Waals surface area contributed by atoms with Crippen molar-refractivity contribution in [1.82, 2.24) is 15.1 Å². The fraction of sp³-hybridized carbons (Fsp3) is 0.519. The average Bonchev–Trinajstić information content (AvgIpc) is 2.79. The van der Waals surface area contributed by atoms with Crippen molar-refractivity contribution in [1.29, 1.82) is 0 Å². The topological polar surface area (TPSA) is 44.8 Å². The van der Waals surface area contributed by atoms with E-state index in [9.17, 15) is 4.79 Å². The van der Waals surface area contributed by atoms with Crippen LogP contribution in [0.4, 0.5) is 4.79 Å². The molecule has 2 aliphatic rings. The van der Waals surface area contributed by atoms with E-state index in [0.29, 0.717) is 12.1 Å². The van der Waals surface area contributed by atoms with Crippen LogP contribution in [0.25, 0.3) is 0 Å². The highest BCUT2D eigenvalue weighted by atomic mass is 16.5. The molecular weight excluding hydrogens is 398 g/mol. The number of benzene rings is 2. The van der Waals surface area contributed by atoms with Gasteiger partial charge in [-0.05, 0) is 68.4 Å². The fourth-order valence-electron chi connectivity index (χ4n) is 4.52. The normalized spacial score (nSPS) is 17.5. The molecule has 0 unspecified atom stereocenters. The van der Waals surface area contributed by atoms with Gasteiger partial charge in [0.25, 0.3) is 0 Å². The molecule has 32 heavy (non-hydrogen) atoms. The molecular formula is C27H37N3O2. The smallest absolute Gasteiger partial charge is 0.317 e. The number of para-hydroxylation sites is 1. The minimum Gasteiger partial charge on any atom is -0.457 e. The first-order valence-electron chi connectivity index (χ1n) is 12.3. The van der Waals surface area contributed by atoms with Crippen molar-refractivity contribution >= 4 is 6.03 Å². The number of carbonyl (C=O) groups excluding carboxylic acids is 1. The Morgan fingerprint density at radius 1 is 1.00 bits per heavy atom. The lowest BCUT2D eigenvalue weighted by Crippen LogP contribution is -2.53. The Kier molecular flexibility index (Phi) is 8.05. The SMILES string of the molecule is CCCCN(C(=O)NC1CCC1)C1CCN(Cc2ccc(Oc3ccccc3)cc2)CC1. The summed E-state index contributed by atoms with van der Waals surface area (Å²) in [5.41, 5.74) is 1.30. The molecule has 0 spiro atoms. The summed E-state index contributed by atoms with van der Waals surface area (Å²) in [4.78, 5) is 17.5. The lowest BCUT2D eigenvalue weighted by molar-refractivity contribution is 0.112. The maximum atomic E-state index is 12.9. The van der Waals surface area contributed by atoms with Gasteiger partial charge in [0, 0.05) is 38.3 Å². The van der Waals surface area contributed by atoms with E-state index in [1.54, 1.807) is 0 Å². The van der Waals surface area contributed by atoms with Gasteiger partial charge in [0.2, 0.25) is 0 Å². The lowest BCUT2D eigenvalue weighted by Gasteiger charge is -2.40. The van der Waals surface area contributed by atoms with Gasteiger partial charge in [0.1, 0.15) is 11.5 Å². The summed E-state index contributed by atoms with van der Waals surface area (Å²) in [7, 11) is 0. The number of hydrogen-bond donors (Lipinski definition) is 1. The van der Waals surface area contributed by atoms with Gasteiger partial charge in [-0.2, -0.15) is 0 Å². The van der Waals surface area contributed by atoms with Gasteiger partial charge in [-0.15, -0.1) is 0 Å². The highest BCUT2D eigenvalue weighted by Crippen LogP contribution is 2.24. The van der Waals surface area contributed by atoms with E-state index in [1.165, 1.54) is 12.0 Å². The van der Waals surface area contributed by atoms with E-state index >= 15 is 0 Å². The number of piperidine rings is 1. The Morgan fingerprint density at radius 2 is 1.69 bits per heavy atom. The standard InChI is InChI=1S/C27H37N3O2/c1-2-3-18-30(27(31)28-23-8-7-9-23)24-16-19-29(20-17-24)21-22-12-14-26(15-13-22)32-25-10-5-4-6-11-25/h4-6,10-15,23-24H,2-3,7-9,16-21H2,1H3,(H,28,31). The van der Waals surface area contributed by atoms with Gasteiger partial charge in [-0.1, -0.05) is 43.7 Å². The molecule has 1 N–H and O–H groups in total. The number of rotatable bonds is 9. The average molecular weight is 436 g/mol. The molecule has 1 aliphatic heterocycles. The van der Waals surface area contributed by atoms with E-state index < -0.39 is 0 Å². The molecule has 2 fully saturated rings. The van der Waals surface area contributed by atoms with Crippen molar-refractivity contribution in [3.05, 3.63) is 60.2 Å². The molecule has 0 atom stereocenters. The third-order valence-corrected chi connectivity index (χ3v) is 6.75. The molecule has 0 radical (unpaired) electrons. The predicted octanol–water partition coefficient (Wildman–Crippen LogP) is 5.81. The van der Waals surface area contributed by atoms with Crippen LogP contribution < -0.4 is 10.1 Å². The number of amides is 2. The number of likely N-dealkylation sites (tertiary alicyclic amines) is 1. The monoisotopic (exact) mass is 435 g/mol. The Hall–Kier alpha value is -2.53. The van der Waals surface area contributed by atoms with Gasteiger partial charge >= 0.3 is 6.03 Å². The van der Waals surface area contributed by atoms with Gasteiger partial charge in [0.15, 0.2) is 0 Å². The first-order valence-corrected chi connectivity index (χ1v) is 12.3. The van der Waals surface area contributed by atoms with Crippen LogP contribution in [0.1, 0.15) is 57.4 Å². The zero-order chi connectivity index (χ0) is 22.2. The zero-order valence-corrected chi connectivity index (χ0v) is 19.3. The number of nitrogens with one attached hydrogen (secondary N) is 1.